The number of thiophene rings is 2. The van der Waals surface area contributed by atoms with Crippen LogP contribution in [0.15, 0.2) is 40.6 Å². The Bertz CT molecular complexity index is 1020. The van der Waals surface area contributed by atoms with Crippen molar-refractivity contribution in [3.8, 4) is 0 Å². The molecule has 0 radical (unpaired) electrons. The van der Waals surface area contributed by atoms with E-state index in [-0.39, 0.29) is 6.54 Å². The quantitative estimate of drug-likeness (QED) is 0.611. The predicted octanol–water partition coefficient (Wildman–Crippen LogP) is 4.60. The van der Waals surface area contributed by atoms with Crippen molar-refractivity contribution in [1.82, 2.24) is 4.72 Å². The maximum Gasteiger partial charge on any atom is 0.241 e. The zero-order valence-electron chi connectivity index (χ0n) is 15.7. The Morgan fingerprint density at radius 3 is 2.30 bits per heavy atom. The van der Waals surface area contributed by atoms with Crippen molar-refractivity contribution in [3.63, 3.8) is 0 Å². The highest BCUT2D eigenvalue weighted by molar-refractivity contribution is 7.89. The van der Waals surface area contributed by atoms with Gasteiger partial charge in [-0.25, -0.2) is 13.1 Å². The number of nitrogens with one attached hydrogen (secondary N) is 1. The molecule has 1 unspecified atom stereocenters. The Hall–Kier alpha value is -1.51. The first-order chi connectivity index (χ1) is 12.7. The van der Waals surface area contributed by atoms with E-state index in [0.717, 1.165) is 36.9 Å². The van der Waals surface area contributed by atoms with Gasteiger partial charge in [0.05, 0.1) is 4.90 Å². The van der Waals surface area contributed by atoms with Gasteiger partial charge in [0.2, 0.25) is 10.0 Å². The third-order valence-electron chi connectivity index (χ3n) is 4.77. The second-order valence-corrected chi connectivity index (χ2v) is 10.5. The third-order valence-corrected chi connectivity index (χ3v) is 8.50. The number of aliphatic hydroxyl groups excluding tert-OH is 1. The first kappa shape index (κ1) is 20.2. The number of aryl methyl sites for hydroxylation is 2. The van der Waals surface area contributed by atoms with Gasteiger partial charge in [-0.2, -0.15) is 0 Å². The van der Waals surface area contributed by atoms with Crippen molar-refractivity contribution in [1.29, 1.82) is 0 Å². The molecule has 0 amide bonds. The maximum atomic E-state index is 12.9. The molecule has 0 aliphatic carbocycles. The molecule has 7 heteroatoms. The van der Waals surface area contributed by atoms with Crippen LogP contribution in [0.3, 0.4) is 0 Å². The molecule has 3 rings (SSSR count). The van der Waals surface area contributed by atoms with Crippen LogP contribution in [0.25, 0.3) is 0 Å². The molecule has 0 aliphatic heterocycles. The molecule has 4 nitrogen and oxygen atoms in total. The van der Waals surface area contributed by atoms with Crippen molar-refractivity contribution >= 4 is 32.7 Å². The first-order valence-electron chi connectivity index (χ1n) is 8.58. The van der Waals surface area contributed by atoms with Gasteiger partial charge in [-0.1, -0.05) is 12.1 Å². The second kappa shape index (κ2) is 7.85. The normalized spacial score (nSPS) is 13.1. The first-order valence-corrected chi connectivity index (χ1v) is 11.8. The Morgan fingerprint density at radius 2 is 1.70 bits per heavy atom. The molecule has 2 aromatic heterocycles. The minimum absolute atomic E-state index is 0.204. The summed E-state index contributed by atoms with van der Waals surface area (Å²) in [5, 5.41) is 12.3. The number of rotatable bonds is 6. The minimum Gasteiger partial charge on any atom is -0.382 e. The van der Waals surface area contributed by atoms with Gasteiger partial charge in [-0.15, -0.1) is 22.7 Å². The van der Waals surface area contributed by atoms with Gasteiger partial charge in [0.1, 0.15) is 6.10 Å². The van der Waals surface area contributed by atoms with Crippen molar-refractivity contribution in [2.24, 2.45) is 0 Å². The lowest BCUT2D eigenvalue weighted by Crippen LogP contribution is -2.25. The lowest BCUT2D eigenvalue weighted by Gasteiger charge is -2.16. The van der Waals surface area contributed by atoms with E-state index >= 15 is 0 Å². The molecule has 1 aromatic carbocycles. The zero-order valence-corrected chi connectivity index (χ0v) is 18.2. The van der Waals surface area contributed by atoms with Crippen molar-refractivity contribution < 1.29 is 13.5 Å². The van der Waals surface area contributed by atoms with Crippen LogP contribution in [-0.4, -0.2) is 13.5 Å². The van der Waals surface area contributed by atoms with Gasteiger partial charge >= 0.3 is 0 Å². The summed E-state index contributed by atoms with van der Waals surface area (Å²) in [5.74, 6) is 0. The van der Waals surface area contributed by atoms with E-state index in [1.165, 1.54) is 22.7 Å². The van der Waals surface area contributed by atoms with E-state index in [1.807, 2.05) is 63.4 Å². The van der Waals surface area contributed by atoms with Gasteiger partial charge < -0.3 is 5.11 Å². The molecule has 0 saturated heterocycles. The monoisotopic (exact) mass is 421 g/mol. The smallest absolute Gasteiger partial charge is 0.241 e. The fraction of sp³-hybridized carbons (Fsp3) is 0.300. The van der Waals surface area contributed by atoms with Gasteiger partial charge in [-0.3, -0.25) is 0 Å². The highest BCUT2D eigenvalue weighted by Gasteiger charge is 2.22. The molecule has 3 aromatic rings. The van der Waals surface area contributed by atoms with Gasteiger partial charge in [0, 0.05) is 21.2 Å². The summed E-state index contributed by atoms with van der Waals surface area (Å²) < 4.78 is 28.6. The Balaban J connectivity index is 1.79. The van der Waals surface area contributed by atoms with Crippen LogP contribution >= 0.6 is 22.7 Å². The molecule has 0 spiro atoms. The molecule has 1 atom stereocenters. The van der Waals surface area contributed by atoms with Crippen LogP contribution in [0.1, 0.15) is 43.0 Å². The summed E-state index contributed by atoms with van der Waals surface area (Å²) in [5.41, 5.74) is 3.50. The summed E-state index contributed by atoms with van der Waals surface area (Å²) in [4.78, 5) is 2.93. The fourth-order valence-electron chi connectivity index (χ4n) is 3.05. The molecule has 2 N–H and O–H groups in total. The van der Waals surface area contributed by atoms with Crippen LogP contribution in [0.5, 0.6) is 0 Å². The second-order valence-electron chi connectivity index (χ2n) is 6.64. The van der Waals surface area contributed by atoms with Crippen molar-refractivity contribution in [2.75, 3.05) is 0 Å². The Morgan fingerprint density at radius 1 is 1.04 bits per heavy atom. The topological polar surface area (TPSA) is 66.4 Å². The molecule has 144 valence electrons. The van der Waals surface area contributed by atoms with Crippen LogP contribution in [0, 0.1) is 27.7 Å². The summed E-state index contributed by atoms with van der Waals surface area (Å²) in [6.45, 7) is 7.75. The van der Waals surface area contributed by atoms with Crippen molar-refractivity contribution in [2.45, 2.75) is 45.2 Å². The minimum atomic E-state index is -3.62. The van der Waals surface area contributed by atoms with Gasteiger partial charge in [0.15, 0.2) is 0 Å². The number of sulfonamides is 1. The molecular weight excluding hydrogens is 398 g/mol. The molecule has 0 saturated carbocycles. The number of hydrogen-bond donors (Lipinski definition) is 2. The fourth-order valence-corrected chi connectivity index (χ4v) is 6.51. The molecule has 27 heavy (non-hydrogen) atoms. The highest BCUT2D eigenvalue weighted by Crippen LogP contribution is 2.31. The van der Waals surface area contributed by atoms with Crippen LogP contribution < -0.4 is 4.72 Å². The summed E-state index contributed by atoms with van der Waals surface area (Å²) in [6.07, 6.45) is -0.663. The molecule has 0 bridgehead atoms. The summed E-state index contributed by atoms with van der Waals surface area (Å²) >= 11 is 2.92. The molecule has 0 aliphatic rings. The van der Waals surface area contributed by atoms with Crippen LogP contribution in [0.2, 0.25) is 0 Å². The van der Waals surface area contributed by atoms with Crippen molar-refractivity contribution in [3.05, 3.63) is 72.6 Å². The van der Waals surface area contributed by atoms with Gasteiger partial charge in [0.25, 0.3) is 0 Å². The number of benzene rings is 1. The van der Waals surface area contributed by atoms with E-state index < -0.39 is 16.1 Å². The lowest BCUT2D eigenvalue weighted by atomic mass is 10.0. The van der Waals surface area contributed by atoms with Crippen LogP contribution in [0.4, 0.5) is 0 Å². The SMILES string of the molecule is Cc1cc(C)c(C)c(S(=O)(=O)NCc2ccc(C(O)c3cccs3)s2)c1C. The molecular formula is C20H23NO3S3. The Kier molecular flexibility index (Phi) is 5.88. The lowest BCUT2D eigenvalue weighted by molar-refractivity contribution is 0.228. The standard InChI is InChI=1S/C20H23NO3S3/c1-12-10-13(2)15(4)20(14(12)3)27(23,24)21-11-16-7-8-18(26-16)19(22)17-6-5-9-25-17/h5-10,19,21-22H,11H2,1-4H3. The molecule has 0 fully saturated rings. The van der Waals surface area contributed by atoms with E-state index in [0.29, 0.717) is 4.90 Å². The van der Waals surface area contributed by atoms with E-state index in [4.69, 9.17) is 0 Å². The average molecular weight is 422 g/mol. The number of aliphatic hydroxyl groups is 1. The summed E-state index contributed by atoms with van der Waals surface area (Å²) in [7, 11) is -3.62. The zero-order chi connectivity index (χ0) is 19.8. The Labute approximate surface area is 168 Å². The van der Waals surface area contributed by atoms with E-state index in [9.17, 15) is 13.5 Å². The third kappa shape index (κ3) is 4.17. The van der Waals surface area contributed by atoms with E-state index in [1.54, 1.807) is 0 Å². The van der Waals surface area contributed by atoms with Crippen LogP contribution in [-0.2, 0) is 16.6 Å². The van der Waals surface area contributed by atoms with E-state index in [2.05, 4.69) is 4.72 Å². The summed E-state index contributed by atoms with van der Waals surface area (Å²) in [6, 6.07) is 9.52. The number of hydrogen-bond acceptors (Lipinski definition) is 5. The van der Waals surface area contributed by atoms with Gasteiger partial charge in [-0.05, 0) is 73.5 Å². The maximum absolute atomic E-state index is 12.9. The highest BCUT2D eigenvalue weighted by atomic mass is 32.2. The average Bonchev–Trinajstić information content (AvgIpc) is 3.29. The predicted molar refractivity (Wildman–Crippen MR) is 112 cm³/mol. The molecule has 2 heterocycles. The largest absolute Gasteiger partial charge is 0.382 e.